The summed E-state index contributed by atoms with van der Waals surface area (Å²) in [5.74, 6) is 0.888. The number of hydrogen-bond donors (Lipinski definition) is 1. The summed E-state index contributed by atoms with van der Waals surface area (Å²) in [6, 6.07) is 16.9. The van der Waals surface area contributed by atoms with Gasteiger partial charge >= 0.3 is 0 Å². The van der Waals surface area contributed by atoms with E-state index < -0.39 is 0 Å². The molecule has 130 valence electrons. The third-order valence-corrected chi connectivity index (χ3v) is 4.17. The monoisotopic (exact) mass is 338 g/mol. The maximum absolute atomic E-state index is 12.5. The number of carbonyl (C=O) groups excluding carboxylic acids is 2. The van der Waals surface area contributed by atoms with Crippen molar-refractivity contribution in [2.75, 3.05) is 18.0 Å². The van der Waals surface area contributed by atoms with Crippen LogP contribution in [0.5, 0.6) is 11.5 Å². The highest BCUT2D eigenvalue weighted by atomic mass is 16.5. The number of ether oxygens (including phenoxy) is 1. The Morgan fingerprint density at radius 3 is 2.64 bits per heavy atom. The molecule has 5 heteroatoms. The number of amides is 2. The summed E-state index contributed by atoms with van der Waals surface area (Å²) >= 11 is 0. The zero-order valence-corrected chi connectivity index (χ0v) is 14.3. The highest BCUT2D eigenvalue weighted by Gasteiger charge is 2.36. The van der Waals surface area contributed by atoms with Gasteiger partial charge in [-0.1, -0.05) is 37.3 Å². The molecule has 0 radical (unpaired) electrons. The van der Waals surface area contributed by atoms with Crippen LogP contribution < -0.4 is 15.0 Å². The second-order valence-corrected chi connectivity index (χ2v) is 6.08. The standard InChI is InChI=1S/C20H22N2O3/c1-2-12-21-20(24)15-13-19(23)22(14-15)17-10-6-7-11-18(17)25-16-8-4-3-5-9-16/h3-11,15H,2,12-14H2,1H3,(H,21,24). The third-order valence-electron chi connectivity index (χ3n) is 4.17. The van der Waals surface area contributed by atoms with E-state index in [2.05, 4.69) is 5.32 Å². The molecule has 1 fully saturated rings. The van der Waals surface area contributed by atoms with E-state index in [1.165, 1.54) is 0 Å². The van der Waals surface area contributed by atoms with E-state index in [1.54, 1.807) is 4.90 Å². The summed E-state index contributed by atoms with van der Waals surface area (Å²) in [7, 11) is 0. The van der Waals surface area contributed by atoms with Crippen LogP contribution in [0.2, 0.25) is 0 Å². The normalized spacial score (nSPS) is 16.8. The van der Waals surface area contributed by atoms with Gasteiger partial charge in [0.05, 0.1) is 11.6 Å². The molecule has 2 aromatic carbocycles. The van der Waals surface area contributed by atoms with E-state index in [1.807, 2.05) is 61.5 Å². The smallest absolute Gasteiger partial charge is 0.227 e. The van der Waals surface area contributed by atoms with Crippen molar-refractivity contribution in [2.24, 2.45) is 5.92 Å². The number of nitrogens with zero attached hydrogens (tertiary/aromatic N) is 1. The maximum Gasteiger partial charge on any atom is 0.227 e. The van der Waals surface area contributed by atoms with E-state index in [0.717, 1.165) is 6.42 Å². The number of para-hydroxylation sites is 3. The van der Waals surface area contributed by atoms with Crippen molar-refractivity contribution in [1.82, 2.24) is 5.32 Å². The molecule has 25 heavy (non-hydrogen) atoms. The van der Waals surface area contributed by atoms with E-state index in [9.17, 15) is 9.59 Å². The van der Waals surface area contributed by atoms with E-state index in [0.29, 0.717) is 30.3 Å². The molecule has 2 amide bonds. The highest BCUT2D eigenvalue weighted by Crippen LogP contribution is 2.35. The Morgan fingerprint density at radius 2 is 1.88 bits per heavy atom. The van der Waals surface area contributed by atoms with Crippen molar-refractivity contribution >= 4 is 17.5 Å². The Bertz CT molecular complexity index is 746. The molecule has 1 aliphatic heterocycles. The lowest BCUT2D eigenvalue weighted by molar-refractivity contribution is -0.126. The Labute approximate surface area is 147 Å². The molecule has 1 N–H and O–H groups in total. The minimum absolute atomic E-state index is 0.0549. The third kappa shape index (κ3) is 3.99. The van der Waals surface area contributed by atoms with Crippen LogP contribution in [0, 0.1) is 5.92 Å². The van der Waals surface area contributed by atoms with E-state index >= 15 is 0 Å². The zero-order chi connectivity index (χ0) is 17.6. The molecule has 5 nitrogen and oxygen atoms in total. The number of rotatable bonds is 6. The molecule has 0 saturated carbocycles. The van der Waals surface area contributed by atoms with Crippen LogP contribution in [0.4, 0.5) is 5.69 Å². The summed E-state index contributed by atoms with van der Waals surface area (Å²) in [5.41, 5.74) is 0.696. The molecule has 1 atom stereocenters. The fraction of sp³-hybridized carbons (Fsp3) is 0.300. The van der Waals surface area contributed by atoms with Gasteiger partial charge in [0.15, 0.2) is 5.75 Å². The number of benzene rings is 2. The number of nitrogens with one attached hydrogen (secondary N) is 1. The van der Waals surface area contributed by atoms with Crippen LogP contribution in [0.15, 0.2) is 54.6 Å². The van der Waals surface area contributed by atoms with Crippen LogP contribution >= 0.6 is 0 Å². The topological polar surface area (TPSA) is 58.6 Å². The van der Waals surface area contributed by atoms with E-state index in [-0.39, 0.29) is 24.2 Å². The first-order chi connectivity index (χ1) is 12.2. The molecule has 1 saturated heterocycles. The van der Waals surface area contributed by atoms with Crippen LogP contribution in [0.25, 0.3) is 0 Å². The zero-order valence-electron chi connectivity index (χ0n) is 14.3. The molecule has 1 aliphatic rings. The van der Waals surface area contributed by atoms with Crippen molar-refractivity contribution in [3.63, 3.8) is 0 Å². The molecular formula is C20H22N2O3. The Kier molecular flexibility index (Phi) is 5.33. The van der Waals surface area contributed by atoms with Crippen LogP contribution in [0.1, 0.15) is 19.8 Å². The van der Waals surface area contributed by atoms with Crippen LogP contribution in [0.3, 0.4) is 0 Å². The fourth-order valence-corrected chi connectivity index (χ4v) is 2.89. The van der Waals surface area contributed by atoms with Crippen molar-refractivity contribution in [1.29, 1.82) is 0 Å². The van der Waals surface area contributed by atoms with Crippen LogP contribution in [-0.2, 0) is 9.59 Å². The van der Waals surface area contributed by atoms with Gasteiger partial charge in [-0.05, 0) is 30.7 Å². The lowest BCUT2D eigenvalue weighted by atomic mass is 10.1. The van der Waals surface area contributed by atoms with Gasteiger partial charge in [0.1, 0.15) is 5.75 Å². The fourth-order valence-electron chi connectivity index (χ4n) is 2.89. The van der Waals surface area contributed by atoms with Gasteiger partial charge in [0.2, 0.25) is 11.8 Å². The molecule has 0 spiro atoms. The van der Waals surface area contributed by atoms with Gasteiger partial charge in [-0.3, -0.25) is 9.59 Å². The number of carbonyl (C=O) groups is 2. The molecular weight excluding hydrogens is 316 g/mol. The minimum Gasteiger partial charge on any atom is -0.455 e. The highest BCUT2D eigenvalue weighted by molar-refractivity contribution is 6.01. The maximum atomic E-state index is 12.5. The molecule has 0 aliphatic carbocycles. The molecule has 2 aromatic rings. The number of anilines is 1. The Morgan fingerprint density at radius 1 is 1.16 bits per heavy atom. The predicted molar refractivity (Wildman–Crippen MR) is 96.7 cm³/mol. The van der Waals surface area contributed by atoms with Gasteiger partial charge in [-0.15, -0.1) is 0 Å². The summed E-state index contributed by atoms with van der Waals surface area (Å²) in [6.45, 7) is 3.02. The average molecular weight is 338 g/mol. The lowest BCUT2D eigenvalue weighted by Crippen LogP contribution is -2.33. The molecule has 0 bridgehead atoms. The summed E-state index contributed by atoms with van der Waals surface area (Å²) in [5, 5.41) is 2.87. The molecule has 1 heterocycles. The predicted octanol–water partition coefficient (Wildman–Crippen LogP) is 3.36. The Hall–Kier alpha value is -2.82. The van der Waals surface area contributed by atoms with Crippen LogP contribution in [-0.4, -0.2) is 24.9 Å². The summed E-state index contributed by atoms with van der Waals surface area (Å²) < 4.78 is 5.94. The summed E-state index contributed by atoms with van der Waals surface area (Å²) in [6.07, 6.45) is 1.11. The summed E-state index contributed by atoms with van der Waals surface area (Å²) in [4.78, 5) is 26.3. The minimum atomic E-state index is -0.316. The second kappa shape index (κ2) is 7.83. The lowest BCUT2D eigenvalue weighted by Gasteiger charge is -2.20. The van der Waals surface area contributed by atoms with Crippen molar-refractivity contribution in [3.05, 3.63) is 54.6 Å². The van der Waals surface area contributed by atoms with Crippen molar-refractivity contribution in [2.45, 2.75) is 19.8 Å². The first-order valence-corrected chi connectivity index (χ1v) is 8.59. The van der Waals surface area contributed by atoms with Gasteiger partial charge in [-0.25, -0.2) is 0 Å². The number of hydrogen-bond acceptors (Lipinski definition) is 3. The molecule has 1 unspecified atom stereocenters. The first-order valence-electron chi connectivity index (χ1n) is 8.59. The Balaban J connectivity index is 1.78. The van der Waals surface area contributed by atoms with Gasteiger partial charge in [0, 0.05) is 19.5 Å². The molecule has 3 rings (SSSR count). The van der Waals surface area contributed by atoms with Gasteiger partial charge < -0.3 is 15.0 Å². The SMILES string of the molecule is CCCNC(=O)C1CC(=O)N(c2ccccc2Oc2ccccc2)C1. The van der Waals surface area contributed by atoms with Crippen molar-refractivity contribution < 1.29 is 14.3 Å². The van der Waals surface area contributed by atoms with E-state index in [4.69, 9.17) is 4.74 Å². The second-order valence-electron chi connectivity index (χ2n) is 6.08. The van der Waals surface area contributed by atoms with Crippen molar-refractivity contribution in [3.8, 4) is 11.5 Å². The average Bonchev–Trinajstić information content (AvgIpc) is 3.03. The first kappa shape index (κ1) is 17.0. The van der Waals surface area contributed by atoms with Gasteiger partial charge in [0.25, 0.3) is 0 Å². The largest absolute Gasteiger partial charge is 0.455 e. The van der Waals surface area contributed by atoms with Gasteiger partial charge in [-0.2, -0.15) is 0 Å². The molecule has 0 aromatic heterocycles. The quantitative estimate of drug-likeness (QED) is 0.879.